The molecule has 4 nitrogen and oxygen atoms in total. The van der Waals surface area contributed by atoms with Crippen LogP contribution in [0, 0.1) is 5.92 Å². The Morgan fingerprint density at radius 1 is 1.33 bits per heavy atom. The number of rotatable bonds is 8. The van der Waals surface area contributed by atoms with Gasteiger partial charge >= 0.3 is 0 Å². The largest absolute Gasteiger partial charge is 0.352 e. The normalized spacial score (nSPS) is 16.7. The van der Waals surface area contributed by atoms with Gasteiger partial charge in [0.25, 0.3) is 0 Å². The SMILES string of the molecule is CCN(CC(=O)NC(C)C(C)C)C(C)(CC)CN. The highest BCUT2D eigenvalue weighted by Crippen LogP contribution is 2.17. The van der Waals surface area contributed by atoms with Crippen molar-refractivity contribution in [3.05, 3.63) is 0 Å². The molecule has 0 aliphatic rings. The number of carbonyl (C=O) groups excluding carboxylic acids is 1. The van der Waals surface area contributed by atoms with Crippen LogP contribution in [0.2, 0.25) is 0 Å². The average Bonchev–Trinajstić information content (AvgIpc) is 2.34. The van der Waals surface area contributed by atoms with E-state index < -0.39 is 0 Å². The molecule has 0 aromatic carbocycles. The van der Waals surface area contributed by atoms with Gasteiger partial charge in [0.1, 0.15) is 0 Å². The summed E-state index contributed by atoms with van der Waals surface area (Å²) in [5.74, 6) is 0.544. The minimum atomic E-state index is -0.0901. The second-order valence-corrected chi connectivity index (χ2v) is 5.67. The van der Waals surface area contributed by atoms with Crippen LogP contribution in [-0.2, 0) is 4.79 Å². The van der Waals surface area contributed by atoms with E-state index in [9.17, 15) is 4.79 Å². The maximum Gasteiger partial charge on any atom is 0.234 e. The van der Waals surface area contributed by atoms with E-state index >= 15 is 0 Å². The Labute approximate surface area is 112 Å². The van der Waals surface area contributed by atoms with Crippen LogP contribution in [0.5, 0.6) is 0 Å². The van der Waals surface area contributed by atoms with Crippen LogP contribution < -0.4 is 11.1 Å². The fourth-order valence-electron chi connectivity index (χ4n) is 1.82. The number of amides is 1. The summed E-state index contributed by atoms with van der Waals surface area (Å²) in [5.41, 5.74) is 5.76. The van der Waals surface area contributed by atoms with E-state index in [0.717, 1.165) is 13.0 Å². The molecule has 2 atom stereocenters. The van der Waals surface area contributed by atoms with Crippen LogP contribution in [0.25, 0.3) is 0 Å². The highest BCUT2D eigenvalue weighted by Gasteiger charge is 2.29. The van der Waals surface area contributed by atoms with Gasteiger partial charge in [-0.1, -0.05) is 27.7 Å². The lowest BCUT2D eigenvalue weighted by Crippen LogP contribution is -2.55. The molecule has 0 radical (unpaired) electrons. The fourth-order valence-corrected chi connectivity index (χ4v) is 1.82. The summed E-state index contributed by atoms with van der Waals surface area (Å²) in [7, 11) is 0. The molecular formula is C14H31N3O. The third kappa shape index (κ3) is 4.94. The van der Waals surface area contributed by atoms with Crippen molar-refractivity contribution in [3.8, 4) is 0 Å². The van der Waals surface area contributed by atoms with Crippen molar-refractivity contribution in [2.45, 2.75) is 59.5 Å². The molecule has 2 unspecified atom stereocenters. The van der Waals surface area contributed by atoms with E-state index in [-0.39, 0.29) is 17.5 Å². The van der Waals surface area contributed by atoms with Gasteiger partial charge in [0, 0.05) is 18.1 Å². The first-order chi connectivity index (χ1) is 8.30. The van der Waals surface area contributed by atoms with Gasteiger partial charge in [-0.15, -0.1) is 0 Å². The van der Waals surface area contributed by atoms with Gasteiger partial charge in [-0.05, 0) is 32.7 Å². The Kier molecular flexibility index (Phi) is 7.48. The zero-order valence-corrected chi connectivity index (χ0v) is 12.9. The summed E-state index contributed by atoms with van der Waals surface area (Å²) >= 11 is 0. The first-order valence-corrected chi connectivity index (χ1v) is 7.05. The van der Waals surface area contributed by atoms with Gasteiger partial charge in [0.15, 0.2) is 0 Å². The van der Waals surface area contributed by atoms with Crippen molar-refractivity contribution >= 4 is 5.91 Å². The van der Waals surface area contributed by atoms with Crippen LogP contribution >= 0.6 is 0 Å². The molecule has 0 saturated heterocycles. The molecule has 0 aromatic heterocycles. The van der Waals surface area contributed by atoms with Gasteiger partial charge < -0.3 is 11.1 Å². The highest BCUT2D eigenvalue weighted by atomic mass is 16.2. The first kappa shape index (κ1) is 17.4. The van der Waals surface area contributed by atoms with Crippen molar-refractivity contribution in [3.63, 3.8) is 0 Å². The van der Waals surface area contributed by atoms with Gasteiger partial charge in [0.05, 0.1) is 6.54 Å². The summed E-state index contributed by atoms with van der Waals surface area (Å²) in [4.78, 5) is 14.2. The van der Waals surface area contributed by atoms with Crippen molar-refractivity contribution in [2.75, 3.05) is 19.6 Å². The average molecular weight is 257 g/mol. The van der Waals surface area contributed by atoms with Crippen molar-refractivity contribution < 1.29 is 4.79 Å². The smallest absolute Gasteiger partial charge is 0.234 e. The van der Waals surface area contributed by atoms with Crippen molar-refractivity contribution in [1.29, 1.82) is 0 Å². The summed E-state index contributed by atoms with van der Waals surface area (Å²) in [6.07, 6.45) is 0.949. The number of nitrogens with two attached hydrogens (primary N) is 1. The number of carbonyl (C=O) groups is 1. The van der Waals surface area contributed by atoms with E-state index in [0.29, 0.717) is 19.0 Å². The molecule has 0 rings (SSSR count). The Balaban J connectivity index is 4.50. The zero-order valence-electron chi connectivity index (χ0n) is 12.9. The number of nitrogens with zero attached hydrogens (tertiary/aromatic N) is 1. The Morgan fingerprint density at radius 2 is 1.89 bits per heavy atom. The van der Waals surface area contributed by atoms with Crippen LogP contribution in [0.15, 0.2) is 0 Å². The molecule has 3 N–H and O–H groups in total. The Morgan fingerprint density at radius 3 is 2.22 bits per heavy atom. The van der Waals surface area contributed by atoms with Crippen LogP contribution in [0.4, 0.5) is 0 Å². The summed E-state index contributed by atoms with van der Waals surface area (Å²) < 4.78 is 0. The summed E-state index contributed by atoms with van der Waals surface area (Å²) in [6.45, 7) is 14.4. The summed E-state index contributed by atoms with van der Waals surface area (Å²) in [6, 6.07) is 0.210. The molecular weight excluding hydrogens is 226 g/mol. The van der Waals surface area contributed by atoms with Crippen molar-refractivity contribution in [2.24, 2.45) is 11.7 Å². The van der Waals surface area contributed by atoms with Gasteiger partial charge in [-0.25, -0.2) is 0 Å². The lowest BCUT2D eigenvalue weighted by Gasteiger charge is -2.39. The molecule has 4 heteroatoms. The Hall–Kier alpha value is -0.610. The molecule has 0 saturated carbocycles. The van der Waals surface area contributed by atoms with Crippen LogP contribution in [-0.4, -0.2) is 42.0 Å². The lowest BCUT2D eigenvalue weighted by molar-refractivity contribution is -0.124. The molecule has 1 amide bonds. The van der Waals surface area contributed by atoms with Crippen LogP contribution in [0.3, 0.4) is 0 Å². The second kappa shape index (κ2) is 7.74. The minimum absolute atomic E-state index is 0.0891. The van der Waals surface area contributed by atoms with Crippen LogP contribution in [0.1, 0.15) is 48.0 Å². The predicted octanol–water partition coefficient (Wildman–Crippen LogP) is 1.60. The third-order valence-electron chi connectivity index (χ3n) is 4.07. The monoisotopic (exact) mass is 257 g/mol. The molecule has 0 fully saturated rings. The molecule has 18 heavy (non-hydrogen) atoms. The predicted molar refractivity (Wildman–Crippen MR) is 77.4 cm³/mol. The number of nitrogens with one attached hydrogen (secondary N) is 1. The van der Waals surface area contributed by atoms with E-state index in [2.05, 4.69) is 44.8 Å². The third-order valence-corrected chi connectivity index (χ3v) is 4.07. The topological polar surface area (TPSA) is 58.4 Å². The molecule has 0 heterocycles. The standard InChI is InChI=1S/C14H31N3O/c1-7-14(6,10-15)17(8-2)9-13(18)16-12(5)11(3)4/h11-12H,7-10,15H2,1-6H3,(H,16,18). The van der Waals surface area contributed by atoms with E-state index in [1.807, 2.05) is 6.92 Å². The van der Waals surface area contributed by atoms with E-state index in [4.69, 9.17) is 5.73 Å². The maximum atomic E-state index is 12.0. The number of hydrogen-bond donors (Lipinski definition) is 2. The minimum Gasteiger partial charge on any atom is -0.352 e. The molecule has 108 valence electrons. The molecule has 0 aliphatic heterocycles. The van der Waals surface area contributed by atoms with Gasteiger partial charge in [-0.2, -0.15) is 0 Å². The molecule has 0 aliphatic carbocycles. The first-order valence-electron chi connectivity index (χ1n) is 7.05. The summed E-state index contributed by atoms with van der Waals surface area (Å²) in [5, 5.41) is 3.04. The molecule has 0 spiro atoms. The molecule has 0 bridgehead atoms. The zero-order chi connectivity index (χ0) is 14.3. The second-order valence-electron chi connectivity index (χ2n) is 5.67. The number of likely N-dealkylation sites (N-methyl/N-ethyl adjacent to an activating group) is 1. The fraction of sp³-hybridized carbons (Fsp3) is 0.929. The quantitative estimate of drug-likeness (QED) is 0.694. The van der Waals surface area contributed by atoms with Crippen molar-refractivity contribution in [1.82, 2.24) is 10.2 Å². The Bertz CT molecular complexity index is 249. The lowest BCUT2D eigenvalue weighted by atomic mass is 9.96. The van der Waals surface area contributed by atoms with Gasteiger partial charge in [-0.3, -0.25) is 9.69 Å². The van der Waals surface area contributed by atoms with Gasteiger partial charge in [0.2, 0.25) is 5.91 Å². The highest BCUT2D eigenvalue weighted by molar-refractivity contribution is 5.78. The van der Waals surface area contributed by atoms with E-state index in [1.165, 1.54) is 0 Å². The van der Waals surface area contributed by atoms with E-state index in [1.54, 1.807) is 0 Å². The maximum absolute atomic E-state index is 12.0. The molecule has 0 aromatic rings. The number of hydrogen-bond acceptors (Lipinski definition) is 3.